The van der Waals surface area contributed by atoms with Crippen LogP contribution in [0, 0.1) is 0 Å². The number of nitrogens with zero attached hydrogens (tertiary/aromatic N) is 3. The lowest BCUT2D eigenvalue weighted by Crippen LogP contribution is -2.41. The van der Waals surface area contributed by atoms with E-state index in [2.05, 4.69) is 15.3 Å². The van der Waals surface area contributed by atoms with Gasteiger partial charge in [0.2, 0.25) is 11.8 Å². The zero-order valence-electron chi connectivity index (χ0n) is 18.0. The number of amidine groups is 2. The van der Waals surface area contributed by atoms with Crippen LogP contribution in [0.2, 0.25) is 0 Å². The molecule has 0 radical (unpaired) electrons. The molecule has 2 heterocycles. The van der Waals surface area contributed by atoms with Crippen LogP contribution in [0.5, 0.6) is 5.75 Å². The summed E-state index contributed by atoms with van der Waals surface area (Å²) in [4.78, 5) is 47.3. The van der Waals surface area contributed by atoms with Crippen molar-refractivity contribution in [2.24, 2.45) is 15.7 Å². The first-order chi connectivity index (χ1) is 16.0. The first kappa shape index (κ1) is 22.5. The topological polar surface area (TPSA) is 126 Å². The number of methoxy groups -OCH3 is 1. The molecule has 0 unspecified atom stereocenters. The van der Waals surface area contributed by atoms with Crippen LogP contribution in [0.1, 0.15) is 24.0 Å². The van der Waals surface area contributed by atoms with Gasteiger partial charge in [-0.2, -0.15) is 0 Å². The van der Waals surface area contributed by atoms with E-state index in [1.165, 1.54) is 4.90 Å². The molecule has 0 spiro atoms. The fourth-order valence-corrected chi connectivity index (χ4v) is 4.26. The van der Waals surface area contributed by atoms with Crippen molar-refractivity contribution < 1.29 is 19.1 Å². The molecule has 2 aliphatic rings. The Balaban J connectivity index is 1.41. The van der Waals surface area contributed by atoms with E-state index in [1.54, 1.807) is 7.11 Å². The number of carbonyl (C=O) groups excluding carboxylic acids is 3. The predicted molar refractivity (Wildman–Crippen MR) is 126 cm³/mol. The van der Waals surface area contributed by atoms with E-state index >= 15 is 0 Å². The van der Waals surface area contributed by atoms with Gasteiger partial charge in [-0.25, -0.2) is 9.89 Å². The third-order valence-corrected chi connectivity index (χ3v) is 6.15. The zero-order chi connectivity index (χ0) is 23.4. The number of para-hydroxylation sites is 1. The molecule has 0 saturated carbocycles. The van der Waals surface area contributed by atoms with Crippen molar-refractivity contribution in [3.05, 3.63) is 59.7 Å². The van der Waals surface area contributed by atoms with E-state index < -0.39 is 11.9 Å². The van der Waals surface area contributed by atoms with Crippen molar-refractivity contribution in [2.75, 3.05) is 12.9 Å². The second-order valence-electron chi connectivity index (χ2n) is 7.47. The number of benzene rings is 2. The Kier molecular flexibility index (Phi) is 6.74. The molecule has 33 heavy (non-hydrogen) atoms. The number of amides is 3. The summed E-state index contributed by atoms with van der Waals surface area (Å²) in [5, 5.41) is 3.23. The fourth-order valence-electron chi connectivity index (χ4n) is 3.52. The third kappa shape index (κ3) is 5.06. The number of nitrogens with one attached hydrogen (secondary N) is 1. The molecule has 2 aromatic rings. The van der Waals surface area contributed by atoms with Crippen molar-refractivity contribution >= 4 is 46.2 Å². The normalized spacial score (nSPS) is 16.5. The summed E-state index contributed by atoms with van der Waals surface area (Å²) in [7, 11) is 1.60. The number of aliphatic imine (C=N–C) groups is 2. The Morgan fingerprint density at radius 1 is 1.18 bits per heavy atom. The molecule has 170 valence electrons. The molecule has 0 fully saturated rings. The van der Waals surface area contributed by atoms with Crippen molar-refractivity contribution in [2.45, 2.75) is 25.4 Å². The number of carbonyl (C=O) groups is 3. The van der Waals surface area contributed by atoms with E-state index in [4.69, 9.17) is 10.5 Å². The minimum Gasteiger partial charge on any atom is -0.497 e. The van der Waals surface area contributed by atoms with Gasteiger partial charge in [-0.15, -0.1) is 0 Å². The first-order valence-corrected chi connectivity index (χ1v) is 11.4. The van der Waals surface area contributed by atoms with Crippen molar-refractivity contribution in [3.63, 3.8) is 0 Å². The van der Waals surface area contributed by atoms with Crippen molar-refractivity contribution in [1.82, 2.24) is 10.2 Å². The summed E-state index contributed by atoms with van der Waals surface area (Å²) >= 11 is 1.10. The van der Waals surface area contributed by atoms with Gasteiger partial charge >= 0.3 is 0 Å². The van der Waals surface area contributed by atoms with Crippen LogP contribution in [0.25, 0.3) is 0 Å². The Bertz CT molecular complexity index is 1150. The number of rotatable bonds is 8. The average Bonchev–Trinajstić information content (AvgIpc) is 3.16. The number of hydrogen-bond acceptors (Lipinski definition) is 7. The minimum atomic E-state index is -0.697. The number of fused-ring (bicyclic) bond motifs is 3. The molecule has 2 aliphatic heterocycles. The Labute approximate surface area is 195 Å². The van der Waals surface area contributed by atoms with E-state index in [0.717, 1.165) is 28.6 Å². The molecule has 9 nitrogen and oxygen atoms in total. The molecule has 1 atom stereocenters. The quantitative estimate of drug-likeness (QED) is 0.616. The average molecular weight is 466 g/mol. The molecular weight excluding hydrogens is 442 g/mol. The van der Waals surface area contributed by atoms with Crippen LogP contribution in [-0.4, -0.2) is 52.5 Å². The molecule has 0 aromatic heterocycles. The summed E-state index contributed by atoms with van der Waals surface area (Å²) in [6.07, 6.45) is 0.420. The van der Waals surface area contributed by atoms with Gasteiger partial charge in [0.15, 0.2) is 5.17 Å². The number of hydrogen-bond donors (Lipinski definition) is 2. The molecule has 4 rings (SSSR count). The van der Waals surface area contributed by atoms with Crippen molar-refractivity contribution in [1.29, 1.82) is 0 Å². The van der Waals surface area contributed by atoms with Gasteiger partial charge in [0, 0.05) is 18.5 Å². The highest BCUT2D eigenvalue weighted by Gasteiger charge is 2.41. The van der Waals surface area contributed by atoms with Gasteiger partial charge < -0.3 is 15.8 Å². The Hall–Kier alpha value is -3.66. The molecule has 10 heteroatoms. The second-order valence-corrected chi connectivity index (χ2v) is 8.41. The maximum absolute atomic E-state index is 13.1. The van der Waals surface area contributed by atoms with E-state index in [1.807, 2.05) is 48.5 Å². The maximum Gasteiger partial charge on any atom is 0.259 e. The molecule has 0 saturated heterocycles. The van der Waals surface area contributed by atoms with Gasteiger partial charge in [-0.05, 0) is 36.2 Å². The van der Waals surface area contributed by atoms with E-state index in [-0.39, 0.29) is 30.4 Å². The van der Waals surface area contributed by atoms with Crippen LogP contribution in [0.3, 0.4) is 0 Å². The highest BCUT2D eigenvalue weighted by atomic mass is 32.2. The third-order valence-electron chi connectivity index (χ3n) is 5.18. The van der Waals surface area contributed by atoms with Crippen LogP contribution >= 0.6 is 11.8 Å². The van der Waals surface area contributed by atoms with Gasteiger partial charge in [0.05, 0.1) is 18.6 Å². The summed E-state index contributed by atoms with van der Waals surface area (Å²) in [6, 6.07) is 14.1. The minimum absolute atomic E-state index is 0.00348. The SMILES string of the molecule is COc1ccc(CNC(=O)CC[C@H]2N=C3c4ccccc4N=C(SCC(N)=O)N3C2=O)cc1. The molecule has 3 amide bonds. The largest absolute Gasteiger partial charge is 0.497 e. The lowest BCUT2D eigenvalue weighted by Gasteiger charge is -2.25. The number of nitrogens with two attached hydrogens (primary N) is 1. The second kappa shape index (κ2) is 9.86. The summed E-state index contributed by atoms with van der Waals surface area (Å²) in [6.45, 7) is 0.385. The smallest absolute Gasteiger partial charge is 0.259 e. The Morgan fingerprint density at radius 3 is 2.67 bits per heavy atom. The highest BCUT2D eigenvalue weighted by molar-refractivity contribution is 8.14. The van der Waals surface area contributed by atoms with E-state index in [0.29, 0.717) is 23.2 Å². The van der Waals surface area contributed by atoms with E-state index in [9.17, 15) is 14.4 Å². The standard InChI is InChI=1S/C23H23N5O4S/c1-32-15-8-6-14(7-9-15)12-25-20(30)11-10-18-22(31)28-21(26-18)16-4-2-3-5-17(16)27-23(28)33-13-19(24)29/h2-9,18H,10-13H2,1H3,(H2,24,29)(H,25,30)/t18-/m1/s1. The zero-order valence-corrected chi connectivity index (χ0v) is 18.8. The lowest BCUT2D eigenvalue weighted by atomic mass is 10.1. The summed E-state index contributed by atoms with van der Waals surface area (Å²) in [5.74, 6) is 0.298. The van der Waals surface area contributed by atoms with Crippen LogP contribution < -0.4 is 15.8 Å². The number of primary amides is 1. The number of thioether (sulfide) groups is 1. The molecular formula is C23H23N5O4S. The van der Waals surface area contributed by atoms with Crippen LogP contribution in [0.4, 0.5) is 5.69 Å². The lowest BCUT2D eigenvalue weighted by molar-refractivity contribution is -0.125. The highest BCUT2D eigenvalue weighted by Crippen LogP contribution is 2.34. The van der Waals surface area contributed by atoms with Gasteiger partial charge in [-0.1, -0.05) is 36.0 Å². The number of ether oxygens (including phenoxy) is 1. The molecule has 0 bridgehead atoms. The summed E-state index contributed by atoms with van der Waals surface area (Å²) in [5.41, 5.74) is 7.63. The van der Waals surface area contributed by atoms with Crippen LogP contribution in [-0.2, 0) is 20.9 Å². The fraction of sp³-hybridized carbons (Fsp3) is 0.261. The predicted octanol–water partition coefficient (Wildman–Crippen LogP) is 1.97. The Morgan fingerprint density at radius 2 is 1.94 bits per heavy atom. The van der Waals surface area contributed by atoms with Gasteiger partial charge in [0.25, 0.3) is 5.91 Å². The van der Waals surface area contributed by atoms with Crippen LogP contribution in [0.15, 0.2) is 58.5 Å². The van der Waals surface area contributed by atoms with Gasteiger partial charge in [-0.3, -0.25) is 19.4 Å². The van der Waals surface area contributed by atoms with Crippen molar-refractivity contribution in [3.8, 4) is 5.75 Å². The van der Waals surface area contributed by atoms with Gasteiger partial charge in [0.1, 0.15) is 17.6 Å². The monoisotopic (exact) mass is 465 g/mol. The molecule has 0 aliphatic carbocycles. The maximum atomic E-state index is 13.1. The first-order valence-electron chi connectivity index (χ1n) is 10.4. The molecule has 3 N–H and O–H groups in total. The summed E-state index contributed by atoms with van der Waals surface area (Å²) < 4.78 is 5.13. The molecule has 2 aromatic carbocycles.